The lowest BCUT2D eigenvalue weighted by Gasteiger charge is -2.10. The zero-order valence-corrected chi connectivity index (χ0v) is 12.5. The van der Waals surface area contributed by atoms with E-state index in [1.807, 2.05) is 17.6 Å². The molecule has 4 nitrogen and oxygen atoms in total. The van der Waals surface area contributed by atoms with Gasteiger partial charge in [-0.1, -0.05) is 29.3 Å². The zero-order valence-electron chi connectivity index (χ0n) is 11.0. The Morgan fingerprint density at radius 3 is 2.71 bits per heavy atom. The number of hydrogen-bond donors (Lipinski definition) is 1. The van der Waals surface area contributed by atoms with E-state index in [1.165, 1.54) is 0 Å². The van der Waals surface area contributed by atoms with Crippen LogP contribution in [-0.2, 0) is 0 Å². The van der Waals surface area contributed by atoms with Crippen molar-refractivity contribution in [3.05, 3.63) is 57.8 Å². The highest BCUT2D eigenvalue weighted by Gasteiger charge is 2.15. The second-order valence-corrected chi connectivity index (χ2v) is 5.36. The molecule has 1 heterocycles. The van der Waals surface area contributed by atoms with Gasteiger partial charge in [-0.2, -0.15) is 0 Å². The molecule has 0 radical (unpaired) electrons. The Bertz CT molecular complexity index is 871. The second-order valence-electron chi connectivity index (χ2n) is 4.58. The van der Waals surface area contributed by atoms with E-state index in [0.717, 1.165) is 5.52 Å². The predicted octanol–water partition coefficient (Wildman–Crippen LogP) is 4.34. The topological polar surface area (TPSA) is 55.1 Å². The van der Waals surface area contributed by atoms with Gasteiger partial charge < -0.3 is 5.11 Å². The van der Waals surface area contributed by atoms with Crippen LogP contribution >= 0.6 is 23.2 Å². The lowest BCUT2D eigenvalue weighted by molar-refractivity contribution is 0.0697. The summed E-state index contributed by atoms with van der Waals surface area (Å²) in [7, 11) is 0. The Hall–Kier alpha value is -2.04. The van der Waals surface area contributed by atoms with Crippen LogP contribution in [0.25, 0.3) is 16.7 Å². The third-order valence-electron chi connectivity index (χ3n) is 3.24. The molecule has 1 N–H and O–H groups in total. The molecule has 3 aromatic rings. The van der Waals surface area contributed by atoms with Crippen LogP contribution in [0.4, 0.5) is 0 Å². The van der Waals surface area contributed by atoms with E-state index < -0.39 is 5.97 Å². The fraction of sp³-hybridized carbons (Fsp3) is 0.0667. The van der Waals surface area contributed by atoms with Crippen molar-refractivity contribution in [1.29, 1.82) is 0 Å². The summed E-state index contributed by atoms with van der Waals surface area (Å²) < 4.78 is 1.86. The third kappa shape index (κ3) is 2.26. The Morgan fingerprint density at radius 2 is 2.00 bits per heavy atom. The normalized spacial score (nSPS) is 11.0. The van der Waals surface area contributed by atoms with Crippen molar-refractivity contribution >= 4 is 40.2 Å². The smallest absolute Gasteiger partial charge is 0.335 e. The summed E-state index contributed by atoms with van der Waals surface area (Å²) in [5, 5.41) is 9.94. The van der Waals surface area contributed by atoms with Crippen LogP contribution in [0.5, 0.6) is 0 Å². The Kier molecular flexibility index (Phi) is 3.35. The SMILES string of the molecule is Cc1nc2cc(C(=O)O)ccc2n1-c1cccc(Cl)c1Cl. The molecule has 0 amide bonds. The van der Waals surface area contributed by atoms with Gasteiger partial charge in [0.1, 0.15) is 5.82 Å². The highest BCUT2D eigenvalue weighted by Crippen LogP contribution is 2.31. The molecule has 2 aromatic carbocycles. The molecule has 0 unspecified atom stereocenters. The molecule has 0 aliphatic heterocycles. The van der Waals surface area contributed by atoms with E-state index in [0.29, 0.717) is 27.1 Å². The molecule has 0 aliphatic rings. The molecular weight excluding hydrogens is 311 g/mol. The summed E-state index contributed by atoms with van der Waals surface area (Å²) in [4.78, 5) is 15.4. The number of rotatable bonds is 2. The molecule has 0 fully saturated rings. The van der Waals surface area contributed by atoms with Crippen LogP contribution in [-0.4, -0.2) is 20.6 Å². The Balaban J connectivity index is 2.30. The van der Waals surface area contributed by atoms with Crippen molar-refractivity contribution in [1.82, 2.24) is 9.55 Å². The number of benzene rings is 2. The molecule has 0 saturated heterocycles. The first-order chi connectivity index (χ1) is 9.99. The minimum Gasteiger partial charge on any atom is -0.478 e. The lowest BCUT2D eigenvalue weighted by Crippen LogP contribution is -1.99. The van der Waals surface area contributed by atoms with Gasteiger partial charge in [-0.15, -0.1) is 0 Å². The number of aromatic carboxylic acids is 1. The molecule has 0 aliphatic carbocycles. The number of imidazole rings is 1. The van der Waals surface area contributed by atoms with Crippen molar-refractivity contribution in [2.24, 2.45) is 0 Å². The van der Waals surface area contributed by atoms with Gasteiger partial charge in [0.15, 0.2) is 0 Å². The van der Waals surface area contributed by atoms with Crippen LogP contribution in [0.2, 0.25) is 10.0 Å². The summed E-state index contributed by atoms with van der Waals surface area (Å²) in [5.74, 6) is -0.276. The standard InChI is InChI=1S/C15H10Cl2N2O2/c1-8-18-11-7-9(15(20)21)5-6-12(11)19(8)13-4-2-3-10(16)14(13)17/h2-7H,1H3,(H,20,21). The van der Waals surface area contributed by atoms with Gasteiger partial charge >= 0.3 is 5.97 Å². The summed E-state index contributed by atoms with van der Waals surface area (Å²) >= 11 is 12.3. The van der Waals surface area contributed by atoms with Gasteiger partial charge in [0.25, 0.3) is 0 Å². The maximum atomic E-state index is 11.0. The molecule has 1 aromatic heterocycles. The number of aromatic nitrogens is 2. The molecule has 0 atom stereocenters. The zero-order chi connectivity index (χ0) is 15.1. The number of carboxylic acids is 1. The van der Waals surface area contributed by atoms with Crippen molar-refractivity contribution in [2.45, 2.75) is 6.92 Å². The number of carboxylic acid groups (broad SMARTS) is 1. The minimum absolute atomic E-state index is 0.198. The molecule has 3 rings (SSSR count). The number of carbonyl (C=O) groups is 1. The summed E-state index contributed by atoms with van der Waals surface area (Å²) in [6, 6.07) is 10.2. The average Bonchev–Trinajstić information content (AvgIpc) is 2.77. The van der Waals surface area contributed by atoms with Crippen LogP contribution in [0.1, 0.15) is 16.2 Å². The van der Waals surface area contributed by atoms with Crippen molar-refractivity contribution in [2.75, 3.05) is 0 Å². The molecule has 21 heavy (non-hydrogen) atoms. The molecule has 0 bridgehead atoms. The van der Waals surface area contributed by atoms with Crippen LogP contribution in [0, 0.1) is 6.92 Å². The predicted molar refractivity (Wildman–Crippen MR) is 82.8 cm³/mol. The number of halogens is 2. The van der Waals surface area contributed by atoms with E-state index in [2.05, 4.69) is 4.98 Å². The van der Waals surface area contributed by atoms with Gasteiger partial charge in [-0.05, 0) is 37.3 Å². The van der Waals surface area contributed by atoms with E-state index >= 15 is 0 Å². The fourth-order valence-corrected chi connectivity index (χ4v) is 2.68. The van der Waals surface area contributed by atoms with E-state index in [9.17, 15) is 4.79 Å². The fourth-order valence-electron chi connectivity index (χ4n) is 2.30. The quantitative estimate of drug-likeness (QED) is 0.764. The summed E-state index contributed by atoms with van der Waals surface area (Å²) in [5.41, 5.74) is 2.29. The molecule has 0 spiro atoms. The first-order valence-electron chi connectivity index (χ1n) is 6.16. The van der Waals surface area contributed by atoms with Crippen molar-refractivity contribution in [3.8, 4) is 5.69 Å². The third-order valence-corrected chi connectivity index (χ3v) is 4.05. The maximum absolute atomic E-state index is 11.0. The van der Waals surface area contributed by atoms with E-state index in [1.54, 1.807) is 30.3 Å². The highest BCUT2D eigenvalue weighted by molar-refractivity contribution is 6.43. The van der Waals surface area contributed by atoms with E-state index in [-0.39, 0.29) is 5.56 Å². The maximum Gasteiger partial charge on any atom is 0.335 e. The highest BCUT2D eigenvalue weighted by atomic mass is 35.5. The molecule has 0 saturated carbocycles. The second kappa shape index (κ2) is 5.06. The number of aryl methyl sites for hydroxylation is 1. The Morgan fingerprint density at radius 1 is 1.24 bits per heavy atom. The average molecular weight is 321 g/mol. The van der Waals surface area contributed by atoms with Crippen LogP contribution in [0.15, 0.2) is 36.4 Å². The Labute approximate surface area is 130 Å². The first kappa shape index (κ1) is 13.9. The summed E-state index contributed by atoms with van der Waals surface area (Å²) in [6.45, 7) is 1.83. The monoisotopic (exact) mass is 320 g/mol. The molecule has 106 valence electrons. The van der Waals surface area contributed by atoms with Crippen LogP contribution < -0.4 is 0 Å². The molecule has 6 heteroatoms. The van der Waals surface area contributed by atoms with E-state index in [4.69, 9.17) is 28.3 Å². The van der Waals surface area contributed by atoms with Gasteiger partial charge in [-0.3, -0.25) is 4.57 Å². The van der Waals surface area contributed by atoms with Crippen molar-refractivity contribution in [3.63, 3.8) is 0 Å². The first-order valence-corrected chi connectivity index (χ1v) is 6.91. The van der Waals surface area contributed by atoms with Gasteiger partial charge in [-0.25, -0.2) is 9.78 Å². The summed E-state index contributed by atoms with van der Waals surface area (Å²) in [6.07, 6.45) is 0. The minimum atomic E-state index is -0.982. The van der Waals surface area contributed by atoms with Crippen LogP contribution in [0.3, 0.4) is 0 Å². The lowest BCUT2D eigenvalue weighted by atomic mass is 10.2. The van der Waals surface area contributed by atoms with Gasteiger partial charge in [0.2, 0.25) is 0 Å². The number of nitrogens with zero attached hydrogens (tertiary/aromatic N) is 2. The van der Waals surface area contributed by atoms with Crippen molar-refractivity contribution < 1.29 is 9.90 Å². The largest absolute Gasteiger partial charge is 0.478 e. The van der Waals surface area contributed by atoms with Gasteiger partial charge in [0, 0.05) is 0 Å². The van der Waals surface area contributed by atoms with Gasteiger partial charge in [0.05, 0.1) is 32.3 Å². The molecular formula is C15H10Cl2N2O2. The number of fused-ring (bicyclic) bond motifs is 1. The number of hydrogen-bond acceptors (Lipinski definition) is 2.